The lowest BCUT2D eigenvalue weighted by Crippen LogP contribution is -2.30. The first-order valence-corrected chi connectivity index (χ1v) is 5.54. The van der Waals surface area contributed by atoms with Gasteiger partial charge in [0, 0.05) is 6.92 Å². The number of ether oxygens (including phenoxy) is 2. The SMILES string of the molecule is CC1(C)CCC[C@]2(C)O[C@@H]12.COC(C)=O. The van der Waals surface area contributed by atoms with Crippen LogP contribution in [-0.4, -0.2) is 24.8 Å². The highest BCUT2D eigenvalue weighted by atomic mass is 16.6. The molecule has 2 atom stereocenters. The van der Waals surface area contributed by atoms with Crippen LogP contribution in [0.3, 0.4) is 0 Å². The summed E-state index contributed by atoms with van der Waals surface area (Å²) in [5.74, 6) is -0.245. The number of rotatable bonds is 0. The van der Waals surface area contributed by atoms with Crippen molar-refractivity contribution in [1.82, 2.24) is 0 Å². The Bertz CT molecular complexity index is 247. The van der Waals surface area contributed by atoms with Crippen LogP contribution in [0.2, 0.25) is 0 Å². The molecule has 1 saturated heterocycles. The molecular formula is C12H22O3. The molecule has 1 heterocycles. The van der Waals surface area contributed by atoms with Crippen LogP contribution < -0.4 is 0 Å². The van der Waals surface area contributed by atoms with Gasteiger partial charge in [-0.2, -0.15) is 0 Å². The third-order valence-electron chi connectivity index (χ3n) is 3.38. The van der Waals surface area contributed by atoms with Crippen molar-refractivity contribution in [1.29, 1.82) is 0 Å². The predicted octanol–water partition coefficient (Wildman–Crippen LogP) is 2.53. The van der Waals surface area contributed by atoms with E-state index < -0.39 is 0 Å². The Morgan fingerprint density at radius 3 is 2.20 bits per heavy atom. The van der Waals surface area contributed by atoms with Crippen LogP contribution in [0.1, 0.15) is 47.0 Å². The second-order valence-electron chi connectivity index (χ2n) is 5.35. The highest BCUT2D eigenvalue weighted by molar-refractivity contribution is 5.65. The monoisotopic (exact) mass is 214 g/mol. The van der Waals surface area contributed by atoms with E-state index in [1.54, 1.807) is 0 Å². The van der Waals surface area contributed by atoms with Crippen molar-refractivity contribution in [2.45, 2.75) is 58.7 Å². The first-order chi connectivity index (χ1) is 6.82. The summed E-state index contributed by atoms with van der Waals surface area (Å²) < 4.78 is 9.79. The van der Waals surface area contributed by atoms with E-state index in [4.69, 9.17) is 4.74 Å². The Kier molecular flexibility index (Phi) is 3.44. The largest absolute Gasteiger partial charge is 0.469 e. The molecule has 3 heteroatoms. The molecule has 0 aromatic carbocycles. The number of methoxy groups -OCH3 is 1. The Labute approximate surface area is 92.1 Å². The Balaban J connectivity index is 0.000000195. The van der Waals surface area contributed by atoms with Gasteiger partial charge in [0.15, 0.2) is 0 Å². The number of carbonyl (C=O) groups is 1. The van der Waals surface area contributed by atoms with Crippen LogP contribution in [0.15, 0.2) is 0 Å². The van der Waals surface area contributed by atoms with Crippen molar-refractivity contribution in [2.24, 2.45) is 5.41 Å². The number of carbonyl (C=O) groups excluding carboxylic acids is 1. The van der Waals surface area contributed by atoms with Gasteiger partial charge in [-0.1, -0.05) is 13.8 Å². The van der Waals surface area contributed by atoms with Crippen molar-refractivity contribution >= 4 is 5.97 Å². The van der Waals surface area contributed by atoms with Crippen LogP contribution >= 0.6 is 0 Å². The molecule has 2 rings (SSSR count). The van der Waals surface area contributed by atoms with Crippen LogP contribution in [0, 0.1) is 5.41 Å². The maximum Gasteiger partial charge on any atom is 0.302 e. The molecule has 0 aromatic rings. The normalized spacial score (nSPS) is 35.7. The van der Waals surface area contributed by atoms with E-state index in [2.05, 4.69) is 25.5 Å². The summed E-state index contributed by atoms with van der Waals surface area (Å²) in [7, 11) is 1.35. The molecule has 3 nitrogen and oxygen atoms in total. The van der Waals surface area contributed by atoms with Gasteiger partial charge < -0.3 is 9.47 Å². The number of fused-ring (bicyclic) bond motifs is 1. The molecule has 15 heavy (non-hydrogen) atoms. The van der Waals surface area contributed by atoms with Gasteiger partial charge in [0.2, 0.25) is 0 Å². The third-order valence-corrected chi connectivity index (χ3v) is 3.38. The number of epoxide rings is 1. The first-order valence-electron chi connectivity index (χ1n) is 5.54. The third kappa shape index (κ3) is 2.94. The molecule has 2 aliphatic rings. The van der Waals surface area contributed by atoms with Crippen molar-refractivity contribution < 1.29 is 14.3 Å². The van der Waals surface area contributed by atoms with Crippen LogP contribution in [0.25, 0.3) is 0 Å². The molecule has 0 N–H and O–H groups in total. The molecule has 0 bridgehead atoms. The lowest BCUT2D eigenvalue weighted by atomic mass is 9.73. The number of esters is 1. The second kappa shape index (κ2) is 4.12. The minimum absolute atomic E-state index is 0.245. The lowest BCUT2D eigenvalue weighted by molar-refractivity contribution is -0.137. The fourth-order valence-corrected chi connectivity index (χ4v) is 2.44. The highest BCUT2D eigenvalue weighted by Gasteiger charge is 2.61. The molecule has 1 aliphatic heterocycles. The van der Waals surface area contributed by atoms with E-state index in [9.17, 15) is 4.79 Å². The molecule has 1 aliphatic carbocycles. The van der Waals surface area contributed by atoms with E-state index >= 15 is 0 Å². The minimum Gasteiger partial charge on any atom is -0.469 e. The molecular weight excluding hydrogens is 192 g/mol. The first kappa shape index (κ1) is 12.5. The molecule has 0 amide bonds. The standard InChI is InChI=1S/C9H16O.C3H6O2/c1-8(2)5-4-6-9(3)7(8)10-9;1-3(4)5-2/h7H,4-6H2,1-3H3;1-2H3/t7-,9-;/m0./s1. The van der Waals surface area contributed by atoms with Gasteiger partial charge in [-0.05, 0) is 31.6 Å². The van der Waals surface area contributed by atoms with Crippen LogP contribution in [0.5, 0.6) is 0 Å². The summed E-state index contributed by atoms with van der Waals surface area (Å²) in [6.07, 6.45) is 4.53. The maximum absolute atomic E-state index is 9.59. The average molecular weight is 214 g/mol. The van der Waals surface area contributed by atoms with Crippen LogP contribution in [-0.2, 0) is 14.3 Å². The average Bonchev–Trinajstić information content (AvgIpc) is 2.80. The molecule has 2 fully saturated rings. The molecule has 0 spiro atoms. The van der Waals surface area contributed by atoms with E-state index in [1.807, 2.05) is 0 Å². The Hall–Kier alpha value is -0.570. The summed E-state index contributed by atoms with van der Waals surface area (Å²) >= 11 is 0. The van der Waals surface area contributed by atoms with E-state index in [0.717, 1.165) is 0 Å². The Morgan fingerprint density at radius 1 is 1.33 bits per heavy atom. The lowest BCUT2D eigenvalue weighted by Gasteiger charge is -2.28. The zero-order chi connectivity index (χ0) is 11.7. The van der Waals surface area contributed by atoms with Crippen molar-refractivity contribution in [3.63, 3.8) is 0 Å². The molecule has 0 unspecified atom stereocenters. The van der Waals surface area contributed by atoms with Gasteiger partial charge in [-0.3, -0.25) is 4.79 Å². The van der Waals surface area contributed by atoms with Gasteiger partial charge in [0.25, 0.3) is 0 Å². The minimum atomic E-state index is -0.245. The number of hydrogen-bond acceptors (Lipinski definition) is 3. The maximum atomic E-state index is 9.59. The fraction of sp³-hybridized carbons (Fsp3) is 0.917. The summed E-state index contributed by atoms with van der Waals surface area (Å²) in [6, 6.07) is 0. The van der Waals surface area contributed by atoms with Crippen molar-refractivity contribution in [3.05, 3.63) is 0 Å². The molecule has 0 radical (unpaired) electrons. The van der Waals surface area contributed by atoms with E-state index in [0.29, 0.717) is 11.5 Å². The van der Waals surface area contributed by atoms with E-state index in [-0.39, 0.29) is 11.6 Å². The zero-order valence-corrected chi connectivity index (χ0v) is 10.4. The highest BCUT2D eigenvalue weighted by Crippen LogP contribution is 2.55. The van der Waals surface area contributed by atoms with Gasteiger partial charge in [0.05, 0.1) is 18.8 Å². The summed E-state index contributed by atoms with van der Waals surface area (Å²) in [4.78, 5) is 9.59. The van der Waals surface area contributed by atoms with Crippen molar-refractivity contribution in [3.8, 4) is 0 Å². The second-order valence-corrected chi connectivity index (χ2v) is 5.35. The smallest absolute Gasteiger partial charge is 0.302 e. The molecule has 0 aromatic heterocycles. The van der Waals surface area contributed by atoms with Gasteiger partial charge in [0.1, 0.15) is 0 Å². The van der Waals surface area contributed by atoms with Crippen molar-refractivity contribution in [2.75, 3.05) is 7.11 Å². The summed E-state index contributed by atoms with van der Waals surface area (Å²) in [5, 5.41) is 0. The van der Waals surface area contributed by atoms with Gasteiger partial charge in [-0.15, -0.1) is 0 Å². The fourth-order valence-electron chi connectivity index (χ4n) is 2.44. The summed E-state index contributed by atoms with van der Waals surface area (Å²) in [5.41, 5.74) is 0.731. The molecule has 1 saturated carbocycles. The van der Waals surface area contributed by atoms with Gasteiger partial charge >= 0.3 is 5.97 Å². The summed E-state index contributed by atoms with van der Waals surface area (Å²) in [6.45, 7) is 8.25. The Morgan fingerprint density at radius 2 is 1.87 bits per heavy atom. The molecule has 88 valence electrons. The van der Waals surface area contributed by atoms with Gasteiger partial charge in [-0.25, -0.2) is 0 Å². The predicted molar refractivity (Wildman–Crippen MR) is 58.6 cm³/mol. The van der Waals surface area contributed by atoms with Crippen LogP contribution in [0.4, 0.5) is 0 Å². The zero-order valence-electron chi connectivity index (χ0n) is 10.4. The quantitative estimate of drug-likeness (QED) is 0.459. The number of hydrogen-bond donors (Lipinski definition) is 0. The topological polar surface area (TPSA) is 38.8 Å². The van der Waals surface area contributed by atoms with E-state index in [1.165, 1.54) is 33.3 Å².